The monoisotopic (exact) mass is 252 g/mol. The van der Waals surface area contributed by atoms with Crippen LogP contribution in [-0.4, -0.2) is 8.42 Å². The summed E-state index contributed by atoms with van der Waals surface area (Å²) in [4.78, 5) is 0. The van der Waals surface area contributed by atoms with Crippen LogP contribution in [0.5, 0.6) is 5.75 Å². The van der Waals surface area contributed by atoms with Crippen LogP contribution in [-0.2, 0) is 17.5 Å². The first-order chi connectivity index (χ1) is 8.13. The molecule has 5 nitrogen and oxygen atoms in total. The molecule has 2 aromatic carbocycles. The molecule has 0 fully saturated rings. The molecule has 0 heterocycles. The number of fused-ring (bicyclic) bond motifs is 1. The van der Waals surface area contributed by atoms with E-state index in [1.54, 1.807) is 24.3 Å². The Labute approximate surface area is 100 Å². The molecule has 0 aromatic heterocycles. The molecule has 0 saturated heterocycles. The van der Waals surface area contributed by atoms with Crippen LogP contribution in [0.15, 0.2) is 30.3 Å². The van der Waals surface area contributed by atoms with Crippen molar-refractivity contribution in [1.29, 1.82) is 0 Å². The van der Waals surface area contributed by atoms with Gasteiger partial charge in [-0.15, -0.1) is 0 Å². The Kier molecular flexibility index (Phi) is 3.16. The summed E-state index contributed by atoms with van der Waals surface area (Å²) in [6.07, 6.45) is 0. The van der Waals surface area contributed by atoms with E-state index in [0.717, 1.165) is 10.9 Å². The summed E-state index contributed by atoms with van der Waals surface area (Å²) in [5.74, 6) is 0.161. The highest BCUT2D eigenvalue weighted by Crippen LogP contribution is 2.33. The van der Waals surface area contributed by atoms with Gasteiger partial charge in [-0.3, -0.25) is 0 Å². The molecule has 0 radical (unpaired) electrons. The summed E-state index contributed by atoms with van der Waals surface area (Å²) in [6.45, 7) is 0.365. The van der Waals surface area contributed by atoms with Crippen LogP contribution in [0.25, 0.3) is 10.8 Å². The van der Waals surface area contributed by atoms with Crippen molar-refractivity contribution in [1.82, 2.24) is 0 Å². The second-order valence-corrected chi connectivity index (χ2v) is 4.14. The molecule has 0 aliphatic heterocycles. The van der Waals surface area contributed by atoms with Gasteiger partial charge in [-0.1, -0.05) is 24.3 Å². The van der Waals surface area contributed by atoms with Gasteiger partial charge in [0.1, 0.15) is 0 Å². The molecule has 4 N–H and O–H groups in total. The molecule has 0 bridgehead atoms. The van der Waals surface area contributed by atoms with Gasteiger partial charge in [0, 0.05) is 11.9 Å². The van der Waals surface area contributed by atoms with Gasteiger partial charge >= 0.3 is 0 Å². The summed E-state index contributed by atoms with van der Waals surface area (Å²) < 4.78 is 26.1. The third-order valence-electron chi connectivity index (χ3n) is 2.52. The van der Waals surface area contributed by atoms with Crippen molar-refractivity contribution >= 4 is 27.4 Å². The number of nitrogens with two attached hydrogens (primary N) is 2. The second-order valence-electron chi connectivity index (χ2n) is 3.52. The standard InChI is InChI=1S/C11H12N2O3S/c12-6-7-2-1-3-9-8(7)4-5-10(13)11(9)16-17(14)15/h1-5,17H,6,12-13H2. The van der Waals surface area contributed by atoms with E-state index in [0.29, 0.717) is 11.9 Å². The lowest BCUT2D eigenvalue weighted by Gasteiger charge is -2.09. The van der Waals surface area contributed by atoms with Crippen LogP contribution in [0, 0.1) is 0 Å². The zero-order chi connectivity index (χ0) is 12.4. The van der Waals surface area contributed by atoms with Crippen molar-refractivity contribution in [3.8, 4) is 5.75 Å². The minimum atomic E-state index is -2.99. The first-order valence-electron chi connectivity index (χ1n) is 4.96. The fourth-order valence-electron chi connectivity index (χ4n) is 1.77. The number of benzene rings is 2. The Bertz CT molecular complexity index is 630. The molecule has 0 amide bonds. The Morgan fingerprint density at radius 2 is 1.88 bits per heavy atom. The van der Waals surface area contributed by atoms with Crippen molar-refractivity contribution < 1.29 is 12.6 Å². The topological polar surface area (TPSA) is 95.4 Å². The molecule has 0 aliphatic carbocycles. The predicted octanol–water partition coefficient (Wildman–Crippen LogP) is 0.786. The van der Waals surface area contributed by atoms with Crippen molar-refractivity contribution in [3.63, 3.8) is 0 Å². The minimum absolute atomic E-state index is 0.161. The molecule has 0 saturated carbocycles. The molecular weight excluding hydrogens is 240 g/mol. The number of rotatable bonds is 3. The molecule has 6 heteroatoms. The molecule has 17 heavy (non-hydrogen) atoms. The van der Waals surface area contributed by atoms with Gasteiger partial charge in [0.05, 0.1) is 5.69 Å². The minimum Gasteiger partial charge on any atom is -0.396 e. The van der Waals surface area contributed by atoms with E-state index >= 15 is 0 Å². The van der Waals surface area contributed by atoms with Crippen molar-refractivity contribution in [2.75, 3.05) is 5.73 Å². The first kappa shape index (κ1) is 11.7. The predicted molar refractivity (Wildman–Crippen MR) is 67.2 cm³/mol. The second kappa shape index (κ2) is 4.60. The molecule has 0 atom stereocenters. The van der Waals surface area contributed by atoms with E-state index in [2.05, 4.69) is 0 Å². The highest BCUT2D eigenvalue weighted by Gasteiger charge is 2.09. The summed E-state index contributed by atoms with van der Waals surface area (Å²) in [5.41, 5.74) is 12.5. The SMILES string of the molecule is NCc1cccc2c(O[SH](=O)=O)c(N)ccc12. The average molecular weight is 252 g/mol. The van der Waals surface area contributed by atoms with Gasteiger partial charge in [0.25, 0.3) is 11.0 Å². The Balaban J connectivity index is 2.76. The Morgan fingerprint density at radius 1 is 1.12 bits per heavy atom. The fourth-order valence-corrected chi connectivity index (χ4v) is 2.12. The number of nitrogen functional groups attached to an aromatic ring is 1. The Morgan fingerprint density at radius 3 is 2.53 bits per heavy atom. The summed E-state index contributed by atoms with van der Waals surface area (Å²) >= 11 is 0. The van der Waals surface area contributed by atoms with E-state index in [9.17, 15) is 8.42 Å². The highest BCUT2D eigenvalue weighted by atomic mass is 32.2. The van der Waals surface area contributed by atoms with Gasteiger partial charge < -0.3 is 15.7 Å². The molecular formula is C11H12N2O3S. The zero-order valence-electron chi connectivity index (χ0n) is 8.92. The Hall–Kier alpha value is -1.79. The average Bonchev–Trinajstić information content (AvgIpc) is 2.31. The summed E-state index contributed by atoms with van der Waals surface area (Å²) in [5, 5.41) is 1.49. The number of hydrogen-bond acceptors (Lipinski definition) is 5. The first-order valence-corrected chi connectivity index (χ1v) is 6.05. The van der Waals surface area contributed by atoms with Crippen molar-refractivity contribution in [3.05, 3.63) is 35.9 Å². The number of hydrogen-bond donors (Lipinski definition) is 3. The van der Waals surface area contributed by atoms with Gasteiger partial charge in [0.2, 0.25) is 0 Å². The molecule has 2 aromatic rings. The van der Waals surface area contributed by atoms with Gasteiger partial charge in [-0.25, -0.2) is 0 Å². The largest absolute Gasteiger partial charge is 0.396 e. The molecule has 2 rings (SSSR count). The maximum atomic E-state index is 10.7. The highest BCUT2D eigenvalue weighted by molar-refractivity contribution is 7.67. The van der Waals surface area contributed by atoms with Gasteiger partial charge in [0.15, 0.2) is 5.75 Å². The number of anilines is 1. The van der Waals surface area contributed by atoms with E-state index in [-0.39, 0.29) is 11.4 Å². The van der Waals surface area contributed by atoms with E-state index < -0.39 is 11.0 Å². The lowest BCUT2D eigenvalue weighted by molar-refractivity contribution is 0.514. The molecule has 90 valence electrons. The quantitative estimate of drug-likeness (QED) is 0.554. The van der Waals surface area contributed by atoms with E-state index in [4.69, 9.17) is 15.7 Å². The normalized spacial score (nSPS) is 10.9. The molecule has 0 spiro atoms. The van der Waals surface area contributed by atoms with Crippen molar-refractivity contribution in [2.45, 2.75) is 6.54 Å². The van der Waals surface area contributed by atoms with Gasteiger partial charge in [-0.05, 0) is 17.0 Å². The van der Waals surface area contributed by atoms with Crippen LogP contribution >= 0.6 is 0 Å². The molecule has 0 aliphatic rings. The summed E-state index contributed by atoms with van der Waals surface area (Å²) in [6, 6.07) is 8.82. The molecule has 0 unspecified atom stereocenters. The van der Waals surface area contributed by atoms with Crippen LogP contribution in [0.2, 0.25) is 0 Å². The third-order valence-corrected chi connectivity index (χ3v) is 2.85. The van der Waals surface area contributed by atoms with Crippen LogP contribution in [0.3, 0.4) is 0 Å². The third kappa shape index (κ3) is 2.17. The maximum absolute atomic E-state index is 10.7. The fraction of sp³-hybridized carbons (Fsp3) is 0.0909. The lowest BCUT2D eigenvalue weighted by atomic mass is 10.0. The lowest BCUT2D eigenvalue weighted by Crippen LogP contribution is -2.00. The number of thiol groups is 1. The van der Waals surface area contributed by atoms with Crippen LogP contribution < -0.4 is 15.7 Å². The smallest absolute Gasteiger partial charge is 0.299 e. The van der Waals surface area contributed by atoms with Gasteiger partial charge in [-0.2, -0.15) is 8.42 Å². The van der Waals surface area contributed by atoms with E-state index in [1.165, 1.54) is 0 Å². The van der Waals surface area contributed by atoms with Crippen LogP contribution in [0.4, 0.5) is 5.69 Å². The van der Waals surface area contributed by atoms with Crippen LogP contribution in [0.1, 0.15) is 5.56 Å². The maximum Gasteiger partial charge on any atom is 0.299 e. The van der Waals surface area contributed by atoms with Crippen molar-refractivity contribution in [2.24, 2.45) is 5.73 Å². The summed E-state index contributed by atoms with van der Waals surface area (Å²) in [7, 11) is -2.99. The zero-order valence-corrected chi connectivity index (χ0v) is 9.81. The van der Waals surface area contributed by atoms with E-state index in [1.807, 2.05) is 6.07 Å².